The molecule has 3 aromatic rings. The number of rotatable bonds is 2. The number of carbonyl (C=O) groups excluding carboxylic acids is 1. The molecular formula is C17H13ClN2O2. The molecule has 1 amide bonds. The summed E-state index contributed by atoms with van der Waals surface area (Å²) < 4.78 is 1.52. The summed E-state index contributed by atoms with van der Waals surface area (Å²) in [6, 6.07) is 15.5. The van der Waals surface area contributed by atoms with Gasteiger partial charge in [0.05, 0.1) is 11.1 Å². The Hall–Kier alpha value is -2.59. The van der Waals surface area contributed by atoms with E-state index < -0.39 is 0 Å². The van der Waals surface area contributed by atoms with Gasteiger partial charge in [-0.15, -0.1) is 0 Å². The first-order chi connectivity index (χ1) is 10.6. The molecule has 0 unspecified atom stereocenters. The van der Waals surface area contributed by atoms with Crippen molar-refractivity contribution >= 4 is 34.1 Å². The van der Waals surface area contributed by atoms with E-state index in [1.165, 1.54) is 10.6 Å². The molecule has 0 radical (unpaired) electrons. The standard InChI is InChI=1S/C17H13ClN2O2/c1-20-15-5-3-2-4-13(15)14(10-16(20)21)17(22)19-12-8-6-11(18)7-9-12/h2-10H,1H3,(H,19,22). The van der Waals surface area contributed by atoms with Crippen LogP contribution < -0.4 is 10.9 Å². The quantitative estimate of drug-likeness (QED) is 0.788. The number of halogens is 1. The van der Waals surface area contributed by atoms with Crippen LogP contribution in [0.5, 0.6) is 0 Å². The summed E-state index contributed by atoms with van der Waals surface area (Å²) in [5.41, 5.74) is 1.48. The molecule has 5 heteroatoms. The number of carbonyl (C=O) groups is 1. The molecule has 22 heavy (non-hydrogen) atoms. The Morgan fingerprint density at radius 2 is 1.77 bits per heavy atom. The number of amides is 1. The van der Waals surface area contributed by atoms with Crippen LogP contribution in [0.1, 0.15) is 10.4 Å². The number of fused-ring (bicyclic) bond motifs is 1. The van der Waals surface area contributed by atoms with Crippen LogP contribution in [0.4, 0.5) is 5.69 Å². The second kappa shape index (κ2) is 5.66. The van der Waals surface area contributed by atoms with E-state index in [1.54, 1.807) is 31.3 Å². The predicted octanol–water partition coefficient (Wildman–Crippen LogP) is 3.44. The largest absolute Gasteiger partial charge is 0.322 e. The van der Waals surface area contributed by atoms with Crippen LogP contribution in [-0.4, -0.2) is 10.5 Å². The molecule has 110 valence electrons. The SMILES string of the molecule is Cn1c(=O)cc(C(=O)Nc2ccc(Cl)cc2)c2ccccc21. The molecule has 0 saturated heterocycles. The van der Waals surface area contributed by atoms with Crippen LogP contribution in [-0.2, 0) is 7.05 Å². The van der Waals surface area contributed by atoms with E-state index >= 15 is 0 Å². The van der Waals surface area contributed by atoms with Gasteiger partial charge in [-0.05, 0) is 30.3 Å². The molecule has 0 spiro atoms. The summed E-state index contributed by atoms with van der Waals surface area (Å²) >= 11 is 5.82. The highest BCUT2D eigenvalue weighted by Gasteiger charge is 2.13. The smallest absolute Gasteiger partial charge is 0.256 e. The van der Waals surface area contributed by atoms with Crippen molar-refractivity contribution in [2.75, 3.05) is 5.32 Å². The fraction of sp³-hybridized carbons (Fsp3) is 0.0588. The van der Waals surface area contributed by atoms with Gasteiger partial charge in [0, 0.05) is 29.2 Å². The molecule has 0 fully saturated rings. The molecule has 0 saturated carbocycles. The number of aryl methyl sites for hydroxylation is 1. The lowest BCUT2D eigenvalue weighted by molar-refractivity contribution is 0.102. The molecule has 0 aliphatic carbocycles. The minimum absolute atomic E-state index is 0.222. The van der Waals surface area contributed by atoms with Crippen LogP contribution >= 0.6 is 11.6 Å². The van der Waals surface area contributed by atoms with E-state index in [-0.39, 0.29) is 11.5 Å². The van der Waals surface area contributed by atoms with Crippen LogP contribution in [0.15, 0.2) is 59.4 Å². The Kier molecular flexibility index (Phi) is 3.69. The highest BCUT2D eigenvalue weighted by molar-refractivity contribution is 6.30. The first-order valence-corrected chi connectivity index (χ1v) is 7.10. The number of aromatic nitrogens is 1. The Bertz CT molecular complexity index is 914. The van der Waals surface area contributed by atoms with Gasteiger partial charge in [0.15, 0.2) is 0 Å². The summed E-state index contributed by atoms with van der Waals surface area (Å²) in [7, 11) is 1.69. The molecule has 4 nitrogen and oxygen atoms in total. The normalized spacial score (nSPS) is 10.6. The third-order valence-electron chi connectivity index (χ3n) is 3.50. The Balaban J connectivity index is 2.06. The van der Waals surface area contributed by atoms with Gasteiger partial charge in [-0.1, -0.05) is 29.8 Å². The monoisotopic (exact) mass is 312 g/mol. The van der Waals surface area contributed by atoms with Crippen molar-refractivity contribution in [1.29, 1.82) is 0 Å². The molecule has 3 rings (SSSR count). The zero-order valence-electron chi connectivity index (χ0n) is 11.8. The maximum Gasteiger partial charge on any atom is 0.256 e. The molecule has 2 aromatic carbocycles. The number of benzene rings is 2. The van der Waals surface area contributed by atoms with E-state index in [2.05, 4.69) is 5.32 Å². The zero-order valence-corrected chi connectivity index (χ0v) is 12.6. The van der Waals surface area contributed by atoms with Gasteiger partial charge < -0.3 is 9.88 Å². The Morgan fingerprint density at radius 1 is 1.09 bits per heavy atom. The minimum Gasteiger partial charge on any atom is -0.322 e. The van der Waals surface area contributed by atoms with Crippen molar-refractivity contribution in [2.45, 2.75) is 0 Å². The number of hydrogen-bond donors (Lipinski definition) is 1. The highest BCUT2D eigenvalue weighted by atomic mass is 35.5. The summed E-state index contributed by atoms with van der Waals surface area (Å²) in [6.07, 6.45) is 0. The van der Waals surface area contributed by atoms with Gasteiger partial charge in [0.2, 0.25) is 0 Å². The topological polar surface area (TPSA) is 51.1 Å². The number of hydrogen-bond acceptors (Lipinski definition) is 2. The van der Waals surface area contributed by atoms with Crippen molar-refractivity contribution in [1.82, 2.24) is 4.57 Å². The molecule has 1 heterocycles. The average Bonchev–Trinajstić information content (AvgIpc) is 2.53. The number of anilines is 1. The van der Waals surface area contributed by atoms with Gasteiger partial charge in [-0.2, -0.15) is 0 Å². The lowest BCUT2D eigenvalue weighted by atomic mass is 10.1. The fourth-order valence-electron chi connectivity index (χ4n) is 2.33. The predicted molar refractivity (Wildman–Crippen MR) is 88.6 cm³/mol. The summed E-state index contributed by atoms with van der Waals surface area (Å²) in [5.74, 6) is -0.323. The second-order valence-electron chi connectivity index (χ2n) is 4.93. The fourth-order valence-corrected chi connectivity index (χ4v) is 2.46. The van der Waals surface area contributed by atoms with Gasteiger partial charge in [-0.25, -0.2) is 0 Å². The van der Waals surface area contributed by atoms with Crippen LogP contribution in [0, 0.1) is 0 Å². The van der Waals surface area contributed by atoms with Gasteiger partial charge >= 0.3 is 0 Å². The average molecular weight is 313 g/mol. The van der Waals surface area contributed by atoms with Crippen LogP contribution in [0.25, 0.3) is 10.9 Å². The van der Waals surface area contributed by atoms with Crippen molar-refractivity contribution in [3.8, 4) is 0 Å². The lowest BCUT2D eigenvalue weighted by Crippen LogP contribution is -2.21. The van der Waals surface area contributed by atoms with E-state index in [4.69, 9.17) is 11.6 Å². The maximum absolute atomic E-state index is 12.5. The molecular weight excluding hydrogens is 300 g/mol. The Labute approximate surface area is 132 Å². The van der Waals surface area contributed by atoms with E-state index in [1.807, 2.05) is 24.3 Å². The third kappa shape index (κ3) is 2.61. The molecule has 0 atom stereocenters. The number of nitrogens with zero attached hydrogens (tertiary/aromatic N) is 1. The first kappa shape index (κ1) is 14.4. The second-order valence-corrected chi connectivity index (χ2v) is 5.37. The lowest BCUT2D eigenvalue weighted by Gasteiger charge is -2.10. The summed E-state index contributed by atoms with van der Waals surface area (Å²) in [4.78, 5) is 24.5. The molecule has 1 N–H and O–H groups in total. The van der Waals surface area contributed by atoms with Crippen LogP contribution in [0.3, 0.4) is 0 Å². The van der Waals surface area contributed by atoms with Crippen molar-refractivity contribution in [2.24, 2.45) is 7.05 Å². The summed E-state index contributed by atoms with van der Waals surface area (Å²) in [6.45, 7) is 0. The highest BCUT2D eigenvalue weighted by Crippen LogP contribution is 2.19. The maximum atomic E-state index is 12.5. The molecule has 0 bridgehead atoms. The van der Waals surface area contributed by atoms with Crippen LogP contribution in [0.2, 0.25) is 5.02 Å². The van der Waals surface area contributed by atoms with Crippen molar-refractivity contribution < 1.29 is 4.79 Å². The number of para-hydroxylation sites is 1. The van der Waals surface area contributed by atoms with E-state index in [0.717, 1.165) is 10.9 Å². The van der Waals surface area contributed by atoms with Gasteiger partial charge in [0.25, 0.3) is 11.5 Å². The number of nitrogens with one attached hydrogen (secondary N) is 1. The molecule has 1 aromatic heterocycles. The van der Waals surface area contributed by atoms with Crippen molar-refractivity contribution in [3.05, 3.63) is 75.5 Å². The Morgan fingerprint density at radius 3 is 2.50 bits per heavy atom. The van der Waals surface area contributed by atoms with Gasteiger partial charge in [-0.3, -0.25) is 9.59 Å². The minimum atomic E-state index is -0.323. The van der Waals surface area contributed by atoms with Gasteiger partial charge in [0.1, 0.15) is 0 Å². The summed E-state index contributed by atoms with van der Waals surface area (Å²) in [5, 5.41) is 4.11. The first-order valence-electron chi connectivity index (χ1n) is 6.72. The van der Waals surface area contributed by atoms with E-state index in [9.17, 15) is 9.59 Å². The number of pyridine rings is 1. The third-order valence-corrected chi connectivity index (χ3v) is 3.75. The molecule has 0 aliphatic heterocycles. The zero-order chi connectivity index (χ0) is 15.7. The van der Waals surface area contributed by atoms with Crippen molar-refractivity contribution in [3.63, 3.8) is 0 Å². The molecule has 0 aliphatic rings. The van der Waals surface area contributed by atoms with E-state index in [0.29, 0.717) is 16.3 Å².